The Morgan fingerprint density at radius 3 is 1.96 bits per heavy atom. The van der Waals surface area contributed by atoms with E-state index in [-0.39, 0.29) is 40.9 Å². The fraction of sp³-hybridized carbons (Fsp3) is 0.720. The van der Waals surface area contributed by atoms with Crippen LogP contribution in [-0.4, -0.2) is 58.3 Å². The Balaban J connectivity index is 0.929. The summed E-state index contributed by atoms with van der Waals surface area (Å²) in [4.78, 5) is 28.0. The molecule has 312 valence electrons. The van der Waals surface area contributed by atoms with Crippen LogP contribution in [0, 0.1) is 46.3 Å². The molecule has 0 aromatic rings. The van der Waals surface area contributed by atoms with Crippen molar-refractivity contribution in [3.05, 3.63) is 72.9 Å². The Labute approximate surface area is 341 Å². The van der Waals surface area contributed by atoms with Gasteiger partial charge in [0.1, 0.15) is 0 Å². The molecule has 5 fully saturated rings. The van der Waals surface area contributed by atoms with E-state index in [1.54, 1.807) is 0 Å². The van der Waals surface area contributed by atoms with Gasteiger partial charge < -0.3 is 20.4 Å². The van der Waals surface area contributed by atoms with Gasteiger partial charge in [0, 0.05) is 32.0 Å². The number of rotatable bonds is 19. The smallest absolute Gasteiger partial charge is 0.222 e. The minimum absolute atomic E-state index is 0.0511. The second kappa shape index (κ2) is 21.9. The van der Waals surface area contributed by atoms with Crippen LogP contribution in [0.1, 0.15) is 150 Å². The Hall–Kier alpha value is -2.70. The number of aliphatic hydroxyl groups is 2. The maximum Gasteiger partial charge on any atom is 0.222 e. The summed E-state index contributed by atoms with van der Waals surface area (Å²) in [6.07, 6.45) is 43.9. The Morgan fingerprint density at radius 2 is 1.32 bits per heavy atom. The van der Waals surface area contributed by atoms with Gasteiger partial charge in [-0.2, -0.15) is 0 Å². The Bertz CT molecular complexity index is 1430. The average Bonchev–Trinajstić information content (AvgIpc) is 3.79. The molecule has 1 heterocycles. The first-order chi connectivity index (χ1) is 27.1. The van der Waals surface area contributed by atoms with Gasteiger partial charge in [-0.3, -0.25) is 9.59 Å². The number of hydrogen-bond acceptors (Lipinski definition) is 4. The minimum atomic E-state index is -0.248. The maximum absolute atomic E-state index is 13.2. The van der Waals surface area contributed by atoms with Crippen molar-refractivity contribution in [1.82, 2.24) is 10.2 Å². The molecule has 0 spiro atoms. The first-order valence-electron chi connectivity index (χ1n) is 22.9. The molecule has 2 amide bonds. The third-order valence-corrected chi connectivity index (χ3v) is 15.3. The predicted molar refractivity (Wildman–Crippen MR) is 232 cm³/mol. The van der Waals surface area contributed by atoms with Gasteiger partial charge in [-0.1, -0.05) is 101 Å². The van der Waals surface area contributed by atoms with Crippen molar-refractivity contribution in [2.75, 3.05) is 13.1 Å². The normalized spacial score (nSPS) is 35.4. The molecule has 3 N–H and O–H groups in total. The highest BCUT2D eigenvalue weighted by Crippen LogP contribution is 2.68. The van der Waals surface area contributed by atoms with Crippen LogP contribution in [0.2, 0.25) is 0 Å². The van der Waals surface area contributed by atoms with E-state index in [1.165, 1.54) is 25.7 Å². The van der Waals surface area contributed by atoms with Crippen molar-refractivity contribution in [1.29, 1.82) is 0 Å². The summed E-state index contributed by atoms with van der Waals surface area (Å²) < 4.78 is 0. The fourth-order valence-electron chi connectivity index (χ4n) is 12.1. The molecule has 4 aliphatic carbocycles. The molecule has 0 radical (unpaired) electrons. The number of allylic oxidation sites excluding steroid dienone is 12. The highest BCUT2D eigenvalue weighted by Gasteiger charge is 2.62. The van der Waals surface area contributed by atoms with Gasteiger partial charge in [0.2, 0.25) is 11.8 Å². The van der Waals surface area contributed by atoms with Gasteiger partial charge in [0.25, 0.3) is 0 Å². The van der Waals surface area contributed by atoms with Crippen LogP contribution in [0.25, 0.3) is 0 Å². The second-order valence-electron chi connectivity index (χ2n) is 18.8. The summed E-state index contributed by atoms with van der Waals surface area (Å²) in [5.74, 6) is 3.31. The van der Waals surface area contributed by atoms with Gasteiger partial charge in [-0.15, -0.1) is 0 Å². The van der Waals surface area contributed by atoms with Crippen LogP contribution in [0.4, 0.5) is 0 Å². The van der Waals surface area contributed by atoms with Crippen molar-refractivity contribution in [3.63, 3.8) is 0 Å². The molecule has 56 heavy (non-hydrogen) atoms. The molecule has 1 unspecified atom stereocenters. The highest BCUT2D eigenvalue weighted by molar-refractivity contribution is 5.78. The molecular weight excluding hydrogens is 693 g/mol. The van der Waals surface area contributed by atoms with Gasteiger partial charge in [-0.25, -0.2) is 0 Å². The number of carbonyl (C=O) groups is 2. The minimum Gasteiger partial charge on any atom is -0.393 e. The Kier molecular flexibility index (Phi) is 17.4. The molecular formula is C50H78N2O4. The zero-order valence-corrected chi connectivity index (χ0v) is 35.6. The van der Waals surface area contributed by atoms with Crippen LogP contribution >= 0.6 is 0 Å². The van der Waals surface area contributed by atoms with Gasteiger partial charge in [0.05, 0.1) is 12.2 Å². The second-order valence-corrected chi connectivity index (χ2v) is 18.8. The SMILES string of the molecule is CCC=CCC=CCC=CCC=CCC=CCC=CCCC(=O)N1CC[C@@H](NC(=O)CC[C@@H](C)C2CC[C@H]3[C@@H]4[C@H](O)C[C@@H]5C[C@H](O)CC[C@]5(C)[C@H]4CC[C@]23C)C1. The standard InChI is InChI=1S/C50H78N2O4/c1-5-6-7-8-9-10-11-12-13-14-15-16-17-18-19-20-21-22-23-24-47(56)52-34-31-40(37-52)51-46(55)28-25-38(2)42-26-27-43-48-44(30-33-50(42,43)4)49(3)32-29-41(53)35-39(49)36-45(48)54/h6-7,9-10,12-13,15-16,18-19,21-22,38-45,48,53-54H,5,8,11,14,17,20,23-37H2,1-4H3,(H,51,55)/t38-,39+,40-,41-,42?,43+,44+,45-,48+,49+,50-/m1/s1. The van der Waals surface area contributed by atoms with E-state index in [4.69, 9.17) is 0 Å². The lowest BCUT2D eigenvalue weighted by Gasteiger charge is -2.62. The third kappa shape index (κ3) is 11.7. The van der Waals surface area contributed by atoms with E-state index < -0.39 is 0 Å². The fourth-order valence-corrected chi connectivity index (χ4v) is 12.1. The van der Waals surface area contributed by atoms with E-state index >= 15 is 0 Å². The Morgan fingerprint density at radius 1 is 0.732 bits per heavy atom. The lowest BCUT2D eigenvalue weighted by Crippen LogP contribution is -2.58. The first kappa shape index (κ1) is 44.4. The number of fused-ring (bicyclic) bond motifs is 5. The summed E-state index contributed by atoms with van der Waals surface area (Å²) >= 11 is 0. The van der Waals surface area contributed by atoms with Crippen molar-refractivity contribution in [2.45, 2.75) is 168 Å². The van der Waals surface area contributed by atoms with Crippen LogP contribution in [0.5, 0.6) is 0 Å². The van der Waals surface area contributed by atoms with Crippen molar-refractivity contribution in [2.24, 2.45) is 46.3 Å². The first-order valence-corrected chi connectivity index (χ1v) is 22.9. The van der Waals surface area contributed by atoms with Crippen LogP contribution in [0.3, 0.4) is 0 Å². The monoisotopic (exact) mass is 771 g/mol. The summed E-state index contributed by atoms with van der Waals surface area (Å²) in [5, 5.41) is 25.3. The molecule has 4 saturated carbocycles. The molecule has 5 aliphatic rings. The molecule has 6 nitrogen and oxygen atoms in total. The molecule has 1 saturated heterocycles. The van der Waals surface area contributed by atoms with Crippen LogP contribution in [0.15, 0.2) is 72.9 Å². The number of amides is 2. The largest absolute Gasteiger partial charge is 0.393 e. The zero-order valence-electron chi connectivity index (χ0n) is 35.6. The lowest BCUT2D eigenvalue weighted by molar-refractivity contribution is -0.174. The van der Waals surface area contributed by atoms with E-state index in [1.807, 2.05) is 4.90 Å². The van der Waals surface area contributed by atoms with Gasteiger partial charge >= 0.3 is 0 Å². The molecule has 0 bridgehead atoms. The molecule has 5 rings (SSSR count). The number of aliphatic hydroxyl groups excluding tert-OH is 2. The maximum atomic E-state index is 13.2. The summed E-state index contributed by atoms with van der Waals surface area (Å²) in [6.45, 7) is 10.9. The quantitative estimate of drug-likeness (QED) is 0.114. The third-order valence-electron chi connectivity index (χ3n) is 15.3. The van der Waals surface area contributed by atoms with Gasteiger partial charge in [0.15, 0.2) is 0 Å². The zero-order chi connectivity index (χ0) is 40.0. The number of nitrogens with zero attached hydrogens (tertiary/aromatic N) is 1. The molecule has 11 atom stereocenters. The van der Waals surface area contributed by atoms with E-state index in [0.29, 0.717) is 54.9 Å². The topological polar surface area (TPSA) is 89.9 Å². The van der Waals surface area contributed by atoms with Crippen molar-refractivity contribution >= 4 is 11.8 Å². The number of likely N-dealkylation sites (tertiary alicyclic amines) is 1. The van der Waals surface area contributed by atoms with E-state index in [0.717, 1.165) is 90.0 Å². The lowest BCUT2D eigenvalue weighted by atomic mass is 9.43. The summed E-state index contributed by atoms with van der Waals surface area (Å²) in [7, 11) is 0. The van der Waals surface area contributed by atoms with Gasteiger partial charge in [-0.05, 0) is 155 Å². The van der Waals surface area contributed by atoms with E-state index in [2.05, 4.69) is 106 Å². The number of hydrogen-bond donors (Lipinski definition) is 3. The average molecular weight is 771 g/mol. The molecule has 6 heteroatoms. The molecule has 0 aromatic carbocycles. The molecule has 0 aromatic heterocycles. The van der Waals surface area contributed by atoms with Crippen molar-refractivity contribution < 1.29 is 19.8 Å². The highest BCUT2D eigenvalue weighted by atomic mass is 16.3. The number of carbonyl (C=O) groups excluding carboxylic acids is 2. The summed E-state index contributed by atoms with van der Waals surface area (Å²) in [6, 6.07) is 0.0511. The van der Waals surface area contributed by atoms with E-state index in [9.17, 15) is 19.8 Å². The predicted octanol–water partition coefficient (Wildman–Crippen LogP) is 10.6. The number of nitrogens with one attached hydrogen (secondary N) is 1. The summed E-state index contributed by atoms with van der Waals surface area (Å²) in [5.41, 5.74) is 0.480. The van der Waals surface area contributed by atoms with Crippen LogP contribution in [-0.2, 0) is 9.59 Å². The van der Waals surface area contributed by atoms with Crippen molar-refractivity contribution in [3.8, 4) is 0 Å². The molecule has 1 aliphatic heterocycles. The van der Waals surface area contributed by atoms with Crippen LogP contribution < -0.4 is 5.32 Å².